The van der Waals surface area contributed by atoms with Crippen LogP contribution in [0.3, 0.4) is 0 Å². The molecule has 1 fully saturated rings. The van der Waals surface area contributed by atoms with Crippen LogP contribution in [0.2, 0.25) is 0 Å². The van der Waals surface area contributed by atoms with Crippen LogP contribution in [0, 0.1) is 5.41 Å². The number of nitrogens with zero attached hydrogens (tertiary/aromatic N) is 1. The first kappa shape index (κ1) is 32.9. The number of benzene rings is 2. The molecule has 1 saturated carbocycles. The Kier molecular flexibility index (Phi) is 9.28. The van der Waals surface area contributed by atoms with Crippen LogP contribution in [0.4, 0.5) is 43.9 Å². The highest BCUT2D eigenvalue weighted by molar-refractivity contribution is 9.13. The van der Waals surface area contributed by atoms with Gasteiger partial charge in [-0.15, -0.1) is 0 Å². The number of allylic oxidation sites excluding steroid dienone is 1. The minimum absolute atomic E-state index is 0.0573. The van der Waals surface area contributed by atoms with Crippen LogP contribution in [0.5, 0.6) is 0 Å². The van der Waals surface area contributed by atoms with Gasteiger partial charge in [-0.2, -0.15) is 39.5 Å². The van der Waals surface area contributed by atoms with E-state index in [0.717, 1.165) is 25.2 Å². The maximum absolute atomic E-state index is 15.1. The summed E-state index contributed by atoms with van der Waals surface area (Å²) in [5.74, 6) is -6.20. The molecule has 0 bridgehead atoms. The summed E-state index contributed by atoms with van der Waals surface area (Å²) in [5, 5.41) is 10.4. The Balaban J connectivity index is 1.95. The number of amides is 1. The molecular weight excluding hydrogens is 708 g/mol. The maximum Gasteiger partial charge on any atom is 0.417 e. The number of hydrogen-bond donors (Lipinski definition) is 2. The summed E-state index contributed by atoms with van der Waals surface area (Å²) in [6.45, 7) is -1.62. The van der Waals surface area contributed by atoms with E-state index in [1.165, 1.54) is 6.07 Å². The van der Waals surface area contributed by atoms with E-state index in [1.807, 2.05) is 0 Å². The third kappa shape index (κ3) is 8.02. The number of rotatable bonds is 7. The molecule has 1 atom stereocenters. The van der Waals surface area contributed by atoms with Gasteiger partial charge in [0.2, 0.25) is 5.91 Å². The third-order valence-corrected chi connectivity index (χ3v) is 8.00. The van der Waals surface area contributed by atoms with Crippen LogP contribution >= 0.6 is 31.9 Å². The molecule has 2 N–H and O–H groups in total. The summed E-state index contributed by atoms with van der Waals surface area (Å²) in [5.41, 5.74) is -5.46. The predicted molar refractivity (Wildman–Crippen MR) is 137 cm³/mol. The molecule has 4 nitrogen and oxygen atoms in total. The number of amidine groups is 1. The highest BCUT2D eigenvalue weighted by atomic mass is 79.9. The fraction of sp³-hybridized carbons (Fsp3) is 0.360. The van der Waals surface area contributed by atoms with Crippen LogP contribution in [0.25, 0.3) is 5.83 Å². The lowest BCUT2D eigenvalue weighted by Crippen LogP contribution is -2.51. The molecule has 16 heteroatoms. The molecule has 2 aromatic rings. The van der Waals surface area contributed by atoms with E-state index in [0.29, 0.717) is 15.4 Å². The summed E-state index contributed by atoms with van der Waals surface area (Å²) in [6, 6.07) is 5.00. The molecule has 1 aliphatic carbocycles. The summed E-state index contributed by atoms with van der Waals surface area (Å²) < 4.78 is 137. The smallest absolute Gasteiger partial charge is 0.356 e. The third-order valence-electron chi connectivity index (χ3n) is 6.13. The highest BCUT2D eigenvalue weighted by Gasteiger charge is 2.53. The Morgan fingerprint density at radius 3 is 2.12 bits per heavy atom. The summed E-state index contributed by atoms with van der Waals surface area (Å²) in [6.07, 6.45) is -14.9. The van der Waals surface area contributed by atoms with Crippen molar-refractivity contribution in [2.45, 2.75) is 42.8 Å². The lowest BCUT2D eigenvalue weighted by atomic mass is 9.95. The number of likely N-dealkylation sites (N-methyl/N-ethyl adjacent to an activating group) is 1. The van der Waals surface area contributed by atoms with Gasteiger partial charge in [-0.05, 0) is 80.6 Å². The monoisotopic (exact) mass is 725 g/mol. The topological polar surface area (TPSA) is 56.2 Å². The second-order valence-corrected chi connectivity index (χ2v) is 11.0. The van der Waals surface area contributed by atoms with Crippen molar-refractivity contribution in [3.63, 3.8) is 0 Å². The molecule has 1 unspecified atom stereocenters. The molecule has 0 aromatic heterocycles. The second kappa shape index (κ2) is 11.6. The lowest BCUT2D eigenvalue weighted by Gasteiger charge is -2.26. The summed E-state index contributed by atoms with van der Waals surface area (Å²) >= 11 is 6.14. The molecule has 0 radical (unpaired) electrons. The zero-order chi connectivity index (χ0) is 31.1. The van der Waals surface area contributed by atoms with Gasteiger partial charge in [-0.25, -0.2) is 4.39 Å². The normalized spacial score (nSPS) is 16.3. The van der Waals surface area contributed by atoms with Crippen LogP contribution in [-0.2, 0) is 11.0 Å². The van der Waals surface area contributed by atoms with E-state index in [1.54, 1.807) is 0 Å². The van der Waals surface area contributed by atoms with Crippen LogP contribution in [-0.4, -0.2) is 48.1 Å². The van der Waals surface area contributed by atoms with Crippen LogP contribution in [0.15, 0.2) is 51.4 Å². The van der Waals surface area contributed by atoms with Crippen LogP contribution in [0.1, 0.15) is 41.0 Å². The molecule has 0 spiro atoms. The van der Waals surface area contributed by atoms with Crippen molar-refractivity contribution in [2.75, 3.05) is 13.6 Å². The van der Waals surface area contributed by atoms with Crippen molar-refractivity contribution in [1.29, 1.82) is 5.41 Å². The zero-order valence-corrected chi connectivity index (χ0v) is 23.8. The molecule has 0 heterocycles. The van der Waals surface area contributed by atoms with E-state index in [4.69, 9.17) is 5.41 Å². The van der Waals surface area contributed by atoms with Crippen molar-refractivity contribution in [1.82, 2.24) is 10.2 Å². The quantitative estimate of drug-likeness (QED) is 0.171. The van der Waals surface area contributed by atoms with E-state index >= 15 is 4.39 Å². The minimum atomic E-state index is -5.21. The van der Waals surface area contributed by atoms with Crippen molar-refractivity contribution in [2.24, 2.45) is 0 Å². The van der Waals surface area contributed by atoms with E-state index in [-0.39, 0.29) is 29.5 Å². The van der Waals surface area contributed by atoms with Crippen LogP contribution < -0.4 is 5.32 Å². The summed E-state index contributed by atoms with van der Waals surface area (Å²) in [4.78, 5) is 12.9. The molecule has 0 aliphatic heterocycles. The molecule has 224 valence electrons. The predicted octanol–water partition coefficient (Wildman–Crippen LogP) is 8.36. The second-order valence-electron chi connectivity index (χ2n) is 9.32. The van der Waals surface area contributed by atoms with Crippen molar-refractivity contribution >= 4 is 49.4 Å². The summed E-state index contributed by atoms with van der Waals surface area (Å²) in [7, 11) is 0.855. The van der Waals surface area contributed by atoms with Gasteiger partial charge in [0.1, 0.15) is 29.7 Å². The van der Waals surface area contributed by atoms with Gasteiger partial charge in [-0.3, -0.25) is 10.2 Å². The van der Waals surface area contributed by atoms with Crippen molar-refractivity contribution < 1.29 is 48.7 Å². The number of halogens is 12. The van der Waals surface area contributed by atoms with Gasteiger partial charge < -0.3 is 10.2 Å². The van der Waals surface area contributed by atoms with E-state index < -0.39 is 76.4 Å². The molecule has 0 saturated heterocycles. The standard InChI is InChI=1S/C25H19Br2F10N3O/c1-40(11-23(29,30)31)21(41)22(6-7-22)39-20(38)14-4-2-13(8-16(14)25(35,36)37)19(28)10-15(24(32,33)34)12-3-5-17(26)18(27)9-12/h2-5,8-10,15H,6-7,11H2,1H3,(H2,38,39)/b19-10-. The fourth-order valence-corrected chi connectivity index (χ4v) is 4.65. The van der Waals surface area contributed by atoms with Gasteiger partial charge in [-0.1, -0.05) is 12.1 Å². The number of carbonyl (C=O) groups is 1. The number of nitrogens with one attached hydrogen (secondary N) is 2. The SMILES string of the molecule is CN(CC(F)(F)F)C(=O)C1(NC(=N)c2ccc(/C(F)=C/C(c3ccc(Br)c(Br)c3)C(F)(F)F)cc2C(F)(F)F)CC1. The Labute approximate surface area is 243 Å². The van der Waals surface area contributed by atoms with E-state index in [9.17, 15) is 44.3 Å². The van der Waals surface area contributed by atoms with Crippen molar-refractivity contribution in [3.8, 4) is 0 Å². The minimum Gasteiger partial charge on any atom is -0.356 e. The molecular formula is C25H19Br2F10N3O. The molecule has 1 amide bonds. The highest BCUT2D eigenvalue weighted by Crippen LogP contribution is 2.42. The van der Waals surface area contributed by atoms with Gasteiger partial charge in [0.05, 0.1) is 5.56 Å². The Morgan fingerprint density at radius 1 is 1.02 bits per heavy atom. The van der Waals surface area contributed by atoms with Gasteiger partial charge >= 0.3 is 18.5 Å². The Bertz CT molecular complexity index is 1360. The van der Waals surface area contributed by atoms with Gasteiger partial charge in [0.25, 0.3) is 0 Å². The van der Waals surface area contributed by atoms with Gasteiger partial charge in [0.15, 0.2) is 0 Å². The Hall–Kier alpha value is -2.62. The average molecular weight is 727 g/mol. The first-order chi connectivity index (χ1) is 18.6. The largest absolute Gasteiger partial charge is 0.417 e. The Morgan fingerprint density at radius 2 is 1.63 bits per heavy atom. The van der Waals surface area contributed by atoms with Crippen molar-refractivity contribution in [3.05, 3.63) is 73.7 Å². The molecule has 2 aromatic carbocycles. The maximum atomic E-state index is 15.1. The molecule has 41 heavy (non-hydrogen) atoms. The number of carbonyl (C=O) groups excluding carboxylic acids is 1. The lowest BCUT2D eigenvalue weighted by molar-refractivity contribution is -0.160. The average Bonchev–Trinajstić information content (AvgIpc) is 3.61. The number of alkyl halides is 9. The fourth-order valence-electron chi connectivity index (χ4n) is 4.00. The first-order valence-corrected chi connectivity index (χ1v) is 13.0. The first-order valence-electron chi connectivity index (χ1n) is 11.4. The number of hydrogen-bond acceptors (Lipinski definition) is 2. The molecule has 3 rings (SSSR count). The van der Waals surface area contributed by atoms with Gasteiger partial charge in [0, 0.05) is 27.1 Å². The molecule has 1 aliphatic rings. The zero-order valence-electron chi connectivity index (χ0n) is 20.6. The van der Waals surface area contributed by atoms with E-state index in [2.05, 4.69) is 37.2 Å².